The number of hydrogen-bond donors (Lipinski definition) is 2. The lowest BCUT2D eigenvalue weighted by atomic mass is 10.2. The van der Waals surface area contributed by atoms with Crippen molar-refractivity contribution in [1.29, 1.82) is 0 Å². The first-order valence-electron chi connectivity index (χ1n) is 6.70. The quantitative estimate of drug-likeness (QED) is 0.589. The highest BCUT2D eigenvalue weighted by molar-refractivity contribution is 5.83. The molecule has 108 valence electrons. The Hall–Kier alpha value is -2.17. The second-order valence-corrected chi connectivity index (χ2v) is 4.82. The second kappa shape index (κ2) is 8.85. The summed E-state index contributed by atoms with van der Waals surface area (Å²) in [6, 6.07) is 9.64. The van der Waals surface area contributed by atoms with Crippen molar-refractivity contribution in [1.82, 2.24) is 10.7 Å². The topological polar surface area (TPSA) is 70.6 Å². The summed E-state index contributed by atoms with van der Waals surface area (Å²) in [6.07, 6.45) is 1.94. The lowest BCUT2D eigenvalue weighted by Crippen LogP contribution is -2.25. The highest BCUT2D eigenvalue weighted by Gasteiger charge is 2.05. The van der Waals surface area contributed by atoms with E-state index in [1.165, 1.54) is 0 Å². The maximum Gasteiger partial charge on any atom is 0.240 e. The fourth-order valence-electron chi connectivity index (χ4n) is 1.43. The third-order valence-electron chi connectivity index (χ3n) is 2.47. The molecule has 0 unspecified atom stereocenters. The van der Waals surface area contributed by atoms with Gasteiger partial charge in [-0.05, 0) is 11.5 Å². The van der Waals surface area contributed by atoms with Gasteiger partial charge in [0.05, 0.1) is 0 Å². The Bertz CT molecular complexity index is 455. The Morgan fingerprint density at radius 2 is 1.80 bits per heavy atom. The minimum absolute atomic E-state index is 0.135. The third-order valence-corrected chi connectivity index (χ3v) is 2.47. The van der Waals surface area contributed by atoms with Gasteiger partial charge in [-0.1, -0.05) is 44.2 Å². The minimum Gasteiger partial charge on any atom is -0.352 e. The van der Waals surface area contributed by atoms with E-state index in [1.54, 1.807) is 6.21 Å². The van der Waals surface area contributed by atoms with Crippen LogP contribution in [0.3, 0.4) is 0 Å². The van der Waals surface area contributed by atoms with Crippen molar-refractivity contribution in [3.8, 4) is 0 Å². The average Bonchev–Trinajstić information content (AvgIpc) is 2.43. The fourth-order valence-corrected chi connectivity index (χ4v) is 1.43. The molecular weight excluding hydrogens is 254 g/mol. The Kier molecular flexibility index (Phi) is 7.03. The summed E-state index contributed by atoms with van der Waals surface area (Å²) in [7, 11) is 0. The zero-order valence-electron chi connectivity index (χ0n) is 11.9. The zero-order valence-corrected chi connectivity index (χ0v) is 11.9. The summed E-state index contributed by atoms with van der Waals surface area (Å²) in [5, 5.41) is 6.56. The number of benzene rings is 1. The molecule has 1 rings (SSSR count). The molecule has 2 amide bonds. The summed E-state index contributed by atoms with van der Waals surface area (Å²) in [4.78, 5) is 23.0. The molecule has 2 N–H and O–H groups in total. The van der Waals surface area contributed by atoms with E-state index in [0.717, 1.165) is 5.56 Å². The molecule has 1 aromatic rings. The molecule has 0 saturated heterocycles. The predicted molar refractivity (Wildman–Crippen MR) is 79.0 cm³/mol. The van der Waals surface area contributed by atoms with E-state index in [0.29, 0.717) is 6.54 Å². The average molecular weight is 275 g/mol. The third kappa shape index (κ3) is 7.31. The van der Waals surface area contributed by atoms with Crippen LogP contribution in [-0.2, 0) is 16.1 Å². The Morgan fingerprint density at radius 1 is 1.15 bits per heavy atom. The monoisotopic (exact) mass is 275 g/mol. The number of hydrazone groups is 1. The van der Waals surface area contributed by atoms with Crippen LogP contribution in [0.2, 0.25) is 0 Å². The van der Waals surface area contributed by atoms with Gasteiger partial charge < -0.3 is 5.32 Å². The standard InChI is InChI=1S/C15H21N3O2/c1-12(2)10-17-18-15(20)9-8-14(19)16-11-13-6-4-3-5-7-13/h3-7,10,12H,8-9,11H2,1-2H3,(H,16,19)(H,18,20). The summed E-state index contributed by atoms with van der Waals surface area (Å²) in [6.45, 7) is 4.41. The molecular formula is C15H21N3O2. The van der Waals surface area contributed by atoms with Gasteiger partial charge in [0.25, 0.3) is 0 Å². The SMILES string of the molecule is CC(C)C=NNC(=O)CCC(=O)NCc1ccccc1. The van der Waals surface area contributed by atoms with Crippen LogP contribution in [0.4, 0.5) is 0 Å². The van der Waals surface area contributed by atoms with Gasteiger partial charge in [0.2, 0.25) is 11.8 Å². The van der Waals surface area contributed by atoms with Gasteiger partial charge >= 0.3 is 0 Å². The maximum absolute atomic E-state index is 11.6. The van der Waals surface area contributed by atoms with E-state index in [-0.39, 0.29) is 30.6 Å². The molecule has 0 atom stereocenters. The van der Waals surface area contributed by atoms with Crippen LogP contribution in [0.25, 0.3) is 0 Å². The largest absolute Gasteiger partial charge is 0.352 e. The molecule has 20 heavy (non-hydrogen) atoms. The van der Waals surface area contributed by atoms with Crippen LogP contribution in [-0.4, -0.2) is 18.0 Å². The van der Waals surface area contributed by atoms with E-state index >= 15 is 0 Å². The van der Waals surface area contributed by atoms with Gasteiger partial charge in [0, 0.05) is 25.6 Å². The second-order valence-electron chi connectivity index (χ2n) is 4.82. The molecule has 0 heterocycles. The molecule has 1 aromatic carbocycles. The van der Waals surface area contributed by atoms with Crippen LogP contribution in [0.5, 0.6) is 0 Å². The minimum atomic E-state index is -0.253. The highest BCUT2D eigenvalue weighted by atomic mass is 16.2. The van der Waals surface area contributed by atoms with Crippen molar-refractivity contribution >= 4 is 18.0 Å². The Balaban J connectivity index is 2.18. The molecule has 0 saturated carbocycles. The first-order chi connectivity index (χ1) is 9.58. The number of carbonyl (C=O) groups is 2. The molecule has 0 bridgehead atoms. The molecule has 0 aliphatic carbocycles. The fraction of sp³-hybridized carbons (Fsp3) is 0.400. The van der Waals surface area contributed by atoms with E-state index in [2.05, 4.69) is 15.8 Å². The van der Waals surface area contributed by atoms with Crippen molar-refractivity contribution in [2.45, 2.75) is 33.2 Å². The number of carbonyl (C=O) groups excluding carboxylic acids is 2. The summed E-state index contributed by atoms with van der Waals surface area (Å²) < 4.78 is 0. The first-order valence-corrected chi connectivity index (χ1v) is 6.70. The van der Waals surface area contributed by atoms with Crippen LogP contribution in [0.15, 0.2) is 35.4 Å². The van der Waals surface area contributed by atoms with Gasteiger partial charge in [-0.15, -0.1) is 0 Å². The van der Waals surface area contributed by atoms with E-state index < -0.39 is 0 Å². The van der Waals surface area contributed by atoms with Crippen molar-refractivity contribution in [3.63, 3.8) is 0 Å². The number of hydrogen-bond acceptors (Lipinski definition) is 3. The summed E-state index contributed by atoms with van der Waals surface area (Å²) in [5.41, 5.74) is 3.43. The van der Waals surface area contributed by atoms with Crippen molar-refractivity contribution in [2.75, 3.05) is 0 Å². The van der Waals surface area contributed by atoms with Crippen molar-refractivity contribution in [3.05, 3.63) is 35.9 Å². The smallest absolute Gasteiger partial charge is 0.240 e. The van der Waals surface area contributed by atoms with Gasteiger partial charge in [-0.3, -0.25) is 9.59 Å². The number of nitrogens with one attached hydrogen (secondary N) is 2. The lowest BCUT2D eigenvalue weighted by Gasteiger charge is -2.05. The lowest BCUT2D eigenvalue weighted by molar-refractivity contribution is -0.126. The molecule has 0 aliphatic rings. The summed E-state index contributed by atoms with van der Waals surface area (Å²) in [5.74, 6) is -0.113. The predicted octanol–water partition coefficient (Wildman–Crippen LogP) is 1.84. The Labute approximate surface area is 119 Å². The number of nitrogens with zero attached hydrogens (tertiary/aromatic N) is 1. The molecule has 5 heteroatoms. The molecule has 0 aliphatic heterocycles. The van der Waals surface area contributed by atoms with Crippen molar-refractivity contribution < 1.29 is 9.59 Å². The van der Waals surface area contributed by atoms with Crippen LogP contribution in [0, 0.1) is 5.92 Å². The van der Waals surface area contributed by atoms with Crippen LogP contribution < -0.4 is 10.7 Å². The van der Waals surface area contributed by atoms with Crippen LogP contribution in [0.1, 0.15) is 32.3 Å². The first kappa shape index (κ1) is 15.9. The van der Waals surface area contributed by atoms with E-state index in [9.17, 15) is 9.59 Å². The zero-order chi connectivity index (χ0) is 14.8. The summed E-state index contributed by atoms with van der Waals surface area (Å²) >= 11 is 0. The highest BCUT2D eigenvalue weighted by Crippen LogP contribution is 1.98. The van der Waals surface area contributed by atoms with E-state index in [4.69, 9.17) is 0 Å². The van der Waals surface area contributed by atoms with E-state index in [1.807, 2.05) is 44.2 Å². The number of amides is 2. The maximum atomic E-state index is 11.6. The molecule has 0 spiro atoms. The number of rotatable bonds is 7. The molecule has 5 nitrogen and oxygen atoms in total. The van der Waals surface area contributed by atoms with Gasteiger partial charge in [-0.25, -0.2) is 5.43 Å². The van der Waals surface area contributed by atoms with Gasteiger partial charge in [0.1, 0.15) is 0 Å². The molecule has 0 radical (unpaired) electrons. The van der Waals surface area contributed by atoms with Gasteiger partial charge in [0.15, 0.2) is 0 Å². The molecule has 0 fully saturated rings. The molecule has 0 aromatic heterocycles. The van der Waals surface area contributed by atoms with Crippen molar-refractivity contribution in [2.24, 2.45) is 11.0 Å². The Morgan fingerprint density at radius 3 is 2.45 bits per heavy atom. The normalized spacial score (nSPS) is 10.8. The van der Waals surface area contributed by atoms with Crippen LogP contribution >= 0.6 is 0 Å². The van der Waals surface area contributed by atoms with Gasteiger partial charge in [-0.2, -0.15) is 5.10 Å².